The van der Waals surface area contributed by atoms with E-state index >= 15 is 0 Å². The smallest absolute Gasteiger partial charge is 0.245 e. The second-order valence-electron chi connectivity index (χ2n) is 6.07. The van der Waals surface area contributed by atoms with Gasteiger partial charge in [-0.15, -0.1) is 0 Å². The summed E-state index contributed by atoms with van der Waals surface area (Å²) >= 11 is 7.96. The molecule has 0 radical (unpaired) electrons. The van der Waals surface area contributed by atoms with Crippen LogP contribution in [0.25, 0.3) is 0 Å². The van der Waals surface area contributed by atoms with Crippen molar-refractivity contribution in [1.29, 1.82) is 0 Å². The van der Waals surface area contributed by atoms with Crippen LogP contribution in [0.15, 0.2) is 30.5 Å². The fourth-order valence-corrected chi connectivity index (χ4v) is 4.20. The number of nitrogens with two attached hydrogens (primary N) is 2. The van der Waals surface area contributed by atoms with Gasteiger partial charge in [0.15, 0.2) is 5.60 Å². The predicted molar refractivity (Wildman–Crippen MR) is 104 cm³/mol. The van der Waals surface area contributed by atoms with Crippen molar-refractivity contribution in [3.8, 4) is 0 Å². The van der Waals surface area contributed by atoms with Gasteiger partial charge in [-0.3, -0.25) is 4.79 Å². The molecule has 4 atom stereocenters. The molecule has 0 aliphatic carbocycles. The van der Waals surface area contributed by atoms with Crippen molar-refractivity contribution < 1.29 is 19.7 Å². The minimum atomic E-state index is -1.82. The largest absolute Gasteiger partial charge is 0.387 e. The van der Waals surface area contributed by atoms with Crippen LogP contribution in [0.3, 0.4) is 0 Å². The van der Waals surface area contributed by atoms with Crippen molar-refractivity contribution in [2.45, 2.75) is 23.9 Å². The lowest BCUT2D eigenvalue weighted by Gasteiger charge is -2.31. The lowest BCUT2D eigenvalue weighted by molar-refractivity contribution is -0.120. The number of alkyl halides is 1. The minimum absolute atomic E-state index is 0.0282. The maximum absolute atomic E-state index is 12.2. The zero-order chi connectivity index (χ0) is 19.1. The van der Waals surface area contributed by atoms with E-state index in [2.05, 4.69) is 4.98 Å². The highest BCUT2D eigenvalue weighted by atomic mass is 127. The number of nitrogen functional groups attached to an aromatic ring is 1. The molecule has 1 aliphatic rings. The molecule has 26 heavy (non-hydrogen) atoms. The first-order valence-corrected chi connectivity index (χ1v) is 9.67. The molecular weight excluding hydrogens is 475 g/mol. The molecule has 8 nitrogen and oxygen atoms in total. The van der Waals surface area contributed by atoms with Gasteiger partial charge >= 0.3 is 0 Å². The van der Waals surface area contributed by atoms with Crippen molar-refractivity contribution in [3.05, 3.63) is 46.9 Å². The zero-order valence-corrected chi connectivity index (χ0v) is 16.5. The summed E-state index contributed by atoms with van der Waals surface area (Å²) in [6.07, 6.45) is -0.522. The number of ether oxygens (including phenoxy) is 1. The van der Waals surface area contributed by atoms with Gasteiger partial charge in [-0.2, -0.15) is 0 Å². The van der Waals surface area contributed by atoms with Gasteiger partial charge < -0.3 is 31.0 Å². The Kier molecular flexibility index (Phi) is 5.45. The molecule has 0 bridgehead atoms. The number of hydrogen-bond donors (Lipinski definition) is 4. The number of imidazole rings is 1. The SMILES string of the molecule is NC(=O)C(c1ccc(Cl)cc1)n1cc(N)nc1[C@@]1(O)[C@@H](O)CO[C@@H]1CI. The number of rotatable bonds is 5. The summed E-state index contributed by atoms with van der Waals surface area (Å²) in [5.41, 5.74) is 10.2. The number of anilines is 1. The molecule has 10 heteroatoms. The summed E-state index contributed by atoms with van der Waals surface area (Å²) < 4.78 is 7.27. The number of aromatic nitrogens is 2. The molecule has 1 saturated heterocycles. The Morgan fingerprint density at radius 2 is 2.15 bits per heavy atom. The van der Waals surface area contributed by atoms with Gasteiger partial charge in [-0.05, 0) is 17.7 Å². The molecule has 6 N–H and O–H groups in total. The van der Waals surface area contributed by atoms with Crippen molar-refractivity contribution in [3.63, 3.8) is 0 Å². The van der Waals surface area contributed by atoms with Crippen molar-refractivity contribution >= 4 is 45.9 Å². The molecule has 1 aromatic heterocycles. The van der Waals surface area contributed by atoms with Crippen molar-refractivity contribution in [1.82, 2.24) is 9.55 Å². The van der Waals surface area contributed by atoms with E-state index in [0.717, 1.165) is 0 Å². The normalized spacial score (nSPS) is 26.8. The fourth-order valence-electron chi connectivity index (χ4n) is 3.14. The molecule has 1 unspecified atom stereocenters. The number of benzene rings is 1. The minimum Gasteiger partial charge on any atom is -0.387 e. The molecule has 2 heterocycles. The van der Waals surface area contributed by atoms with E-state index < -0.39 is 29.8 Å². The average Bonchev–Trinajstić information content (AvgIpc) is 3.11. The molecule has 0 spiro atoms. The van der Waals surface area contributed by atoms with Crippen LogP contribution in [0.4, 0.5) is 5.82 Å². The van der Waals surface area contributed by atoms with Crippen LogP contribution in [0, 0.1) is 0 Å². The van der Waals surface area contributed by atoms with Gasteiger partial charge in [-0.25, -0.2) is 4.98 Å². The first-order chi connectivity index (χ1) is 12.3. The fraction of sp³-hybridized carbons (Fsp3) is 0.375. The number of aliphatic hydroxyl groups is 2. The number of hydrogen-bond acceptors (Lipinski definition) is 6. The molecule has 1 amide bonds. The Labute approximate surface area is 168 Å². The molecular formula is C16H18ClIN4O4. The second-order valence-corrected chi connectivity index (χ2v) is 7.39. The Balaban J connectivity index is 2.16. The molecule has 1 aliphatic heterocycles. The van der Waals surface area contributed by atoms with Gasteiger partial charge in [0.2, 0.25) is 5.91 Å². The van der Waals surface area contributed by atoms with E-state index in [4.69, 9.17) is 27.8 Å². The monoisotopic (exact) mass is 492 g/mol. The van der Waals surface area contributed by atoms with Gasteiger partial charge in [0, 0.05) is 15.6 Å². The highest BCUT2D eigenvalue weighted by Crippen LogP contribution is 2.39. The van der Waals surface area contributed by atoms with Crippen molar-refractivity contribution in [2.75, 3.05) is 16.8 Å². The van der Waals surface area contributed by atoms with Crippen LogP contribution in [0.2, 0.25) is 5.02 Å². The van der Waals surface area contributed by atoms with Crippen LogP contribution in [-0.2, 0) is 15.1 Å². The van der Waals surface area contributed by atoms with Gasteiger partial charge in [0.25, 0.3) is 0 Å². The van der Waals surface area contributed by atoms with E-state index in [1.807, 2.05) is 22.6 Å². The van der Waals surface area contributed by atoms with Crippen LogP contribution >= 0.6 is 34.2 Å². The molecule has 1 fully saturated rings. The van der Waals surface area contributed by atoms with Gasteiger partial charge in [0.1, 0.15) is 29.9 Å². The van der Waals surface area contributed by atoms with Crippen molar-refractivity contribution in [2.24, 2.45) is 5.73 Å². The summed E-state index contributed by atoms with van der Waals surface area (Å²) in [6, 6.07) is 5.57. The second kappa shape index (κ2) is 7.31. The third kappa shape index (κ3) is 3.18. The maximum Gasteiger partial charge on any atom is 0.245 e. The summed E-state index contributed by atoms with van der Waals surface area (Å²) in [6.45, 7) is -0.0564. The summed E-state index contributed by atoms with van der Waals surface area (Å²) in [4.78, 5) is 16.4. The summed E-state index contributed by atoms with van der Waals surface area (Å²) in [7, 11) is 0. The molecule has 3 rings (SSSR count). The maximum atomic E-state index is 12.2. The first-order valence-electron chi connectivity index (χ1n) is 7.76. The van der Waals surface area contributed by atoms with E-state index in [-0.39, 0.29) is 18.2 Å². The van der Waals surface area contributed by atoms with Crippen LogP contribution < -0.4 is 11.5 Å². The zero-order valence-electron chi connectivity index (χ0n) is 13.5. The standard InChI is InChI=1S/C16H18ClIN4O4/c17-9-3-1-8(2-4-9)13(14(20)24)22-6-12(19)21-15(22)16(25)10(23)7-26-11(16)5-18/h1-4,6,10-11,13,23,25H,5,7,19H2,(H2,20,24)/t10-,11+,13?,16+/m0/s1. The highest BCUT2D eigenvalue weighted by molar-refractivity contribution is 14.1. The highest BCUT2D eigenvalue weighted by Gasteiger charge is 2.54. The molecule has 140 valence electrons. The third-order valence-corrected chi connectivity index (χ3v) is 5.49. The lowest BCUT2D eigenvalue weighted by atomic mass is 9.92. The van der Waals surface area contributed by atoms with Gasteiger partial charge in [-0.1, -0.05) is 46.3 Å². The lowest BCUT2D eigenvalue weighted by Crippen LogP contribution is -2.48. The van der Waals surface area contributed by atoms with E-state index in [9.17, 15) is 15.0 Å². The number of nitrogens with zero attached hydrogens (tertiary/aromatic N) is 2. The Bertz CT molecular complexity index is 815. The number of carbonyl (C=O) groups is 1. The third-order valence-electron chi connectivity index (χ3n) is 4.44. The van der Waals surface area contributed by atoms with E-state index in [0.29, 0.717) is 15.0 Å². The average molecular weight is 493 g/mol. The summed E-state index contributed by atoms with van der Waals surface area (Å²) in [5.74, 6) is -0.561. The molecule has 0 saturated carbocycles. The molecule has 2 aromatic rings. The number of amides is 1. The van der Waals surface area contributed by atoms with Crippen LogP contribution in [0.1, 0.15) is 17.4 Å². The predicted octanol–water partition coefficient (Wildman–Crippen LogP) is 0.576. The van der Waals surface area contributed by atoms with Gasteiger partial charge in [0.05, 0.1) is 6.61 Å². The van der Waals surface area contributed by atoms with E-state index in [1.165, 1.54) is 10.8 Å². The number of carbonyl (C=O) groups excluding carboxylic acids is 1. The number of aliphatic hydroxyl groups excluding tert-OH is 1. The Morgan fingerprint density at radius 1 is 1.50 bits per heavy atom. The van der Waals surface area contributed by atoms with Crippen LogP contribution in [-0.4, -0.2) is 48.9 Å². The summed E-state index contributed by atoms with van der Waals surface area (Å²) in [5, 5.41) is 22.1. The van der Waals surface area contributed by atoms with Crippen LogP contribution in [0.5, 0.6) is 0 Å². The number of halogens is 2. The van der Waals surface area contributed by atoms with E-state index in [1.54, 1.807) is 24.3 Å². The Hall–Kier alpha value is -1.40. The first kappa shape index (κ1) is 19.4. The molecule has 1 aromatic carbocycles. The quantitative estimate of drug-likeness (QED) is 0.356. The topological polar surface area (TPSA) is 137 Å². The Morgan fingerprint density at radius 3 is 2.73 bits per heavy atom. The number of primary amides is 1.